The molecular weight excluding hydrogens is 154 g/mol. The van der Waals surface area contributed by atoms with Crippen LogP contribution in [0.5, 0.6) is 0 Å². The lowest BCUT2D eigenvalue weighted by molar-refractivity contribution is 0.177. The van der Waals surface area contributed by atoms with Gasteiger partial charge in [0, 0.05) is 19.6 Å². The summed E-state index contributed by atoms with van der Waals surface area (Å²) >= 11 is 0. The Balaban J connectivity index is 2.24. The van der Waals surface area contributed by atoms with Gasteiger partial charge in [-0.05, 0) is 14.0 Å². The van der Waals surface area contributed by atoms with Crippen LogP contribution in [0.25, 0.3) is 0 Å². The van der Waals surface area contributed by atoms with Gasteiger partial charge in [0.2, 0.25) is 5.96 Å². The second-order valence-corrected chi connectivity index (χ2v) is 3.03. The van der Waals surface area contributed by atoms with E-state index >= 15 is 0 Å². The number of hydrogen-bond donors (Lipinski definition) is 3. The number of aliphatic imine (C=N–C) groups is 1. The Hall–Kier alpha value is -0.810. The monoisotopic (exact) mass is 171 g/mol. The van der Waals surface area contributed by atoms with Crippen LogP contribution in [0.3, 0.4) is 0 Å². The third-order valence-electron chi connectivity index (χ3n) is 1.86. The van der Waals surface area contributed by atoms with E-state index in [1.54, 1.807) is 0 Å². The highest BCUT2D eigenvalue weighted by atomic mass is 15.4. The van der Waals surface area contributed by atoms with Crippen LogP contribution in [0.2, 0.25) is 0 Å². The summed E-state index contributed by atoms with van der Waals surface area (Å²) < 4.78 is 0. The van der Waals surface area contributed by atoms with Crippen LogP contribution in [0.15, 0.2) is 4.99 Å². The molecule has 1 aliphatic rings. The van der Waals surface area contributed by atoms with E-state index < -0.39 is 0 Å². The molecule has 0 saturated carbocycles. The minimum absolute atomic E-state index is 0.497. The van der Waals surface area contributed by atoms with Crippen LogP contribution in [-0.4, -0.2) is 43.6 Å². The fourth-order valence-electron chi connectivity index (χ4n) is 1.27. The van der Waals surface area contributed by atoms with Crippen LogP contribution in [0, 0.1) is 0 Å². The zero-order chi connectivity index (χ0) is 8.97. The van der Waals surface area contributed by atoms with Gasteiger partial charge in [-0.15, -0.1) is 0 Å². The molecule has 0 spiro atoms. The van der Waals surface area contributed by atoms with Gasteiger partial charge in [0.1, 0.15) is 0 Å². The lowest BCUT2D eigenvalue weighted by Gasteiger charge is -2.37. The average molecular weight is 171 g/mol. The topological polar surface area (TPSA) is 65.7 Å². The normalized spacial score (nSPS) is 20.4. The molecule has 0 aromatic carbocycles. The molecular formula is C7H17N5. The second kappa shape index (κ2) is 4.27. The summed E-state index contributed by atoms with van der Waals surface area (Å²) in [6.45, 7) is 4.84. The number of nitrogens with one attached hydrogen (secondary N) is 2. The molecule has 0 unspecified atom stereocenters. The first-order valence-corrected chi connectivity index (χ1v) is 4.22. The van der Waals surface area contributed by atoms with Gasteiger partial charge in [0.25, 0.3) is 0 Å². The lowest BCUT2D eigenvalue weighted by atomic mass is 10.1. The van der Waals surface area contributed by atoms with E-state index in [-0.39, 0.29) is 0 Å². The molecule has 5 heteroatoms. The molecule has 0 bridgehead atoms. The molecule has 0 atom stereocenters. The van der Waals surface area contributed by atoms with Crippen molar-refractivity contribution in [1.29, 1.82) is 0 Å². The molecule has 1 saturated heterocycles. The summed E-state index contributed by atoms with van der Waals surface area (Å²) in [5, 5.41) is 3.21. The number of rotatable bonds is 2. The van der Waals surface area contributed by atoms with Gasteiger partial charge in [-0.2, -0.15) is 0 Å². The van der Waals surface area contributed by atoms with Crippen LogP contribution in [-0.2, 0) is 0 Å². The van der Waals surface area contributed by atoms with E-state index in [4.69, 9.17) is 5.84 Å². The number of likely N-dealkylation sites (tertiary alicyclic amines) is 1. The highest BCUT2D eigenvalue weighted by Crippen LogP contribution is 2.02. The lowest BCUT2D eigenvalue weighted by Crippen LogP contribution is -2.60. The minimum Gasteiger partial charge on any atom is -0.350 e. The molecule has 0 aromatic rings. The van der Waals surface area contributed by atoms with Crippen molar-refractivity contribution in [3.63, 3.8) is 0 Å². The SMILES string of the molecule is CCN=C(NN)NC1CN(C)C1. The number of hydrazine groups is 1. The molecule has 1 rings (SSSR count). The van der Waals surface area contributed by atoms with Gasteiger partial charge in [-0.3, -0.25) is 10.4 Å². The molecule has 0 amide bonds. The Morgan fingerprint density at radius 1 is 1.67 bits per heavy atom. The number of likely N-dealkylation sites (N-methyl/N-ethyl adjacent to an activating group) is 1. The van der Waals surface area contributed by atoms with Crippen LogP contribution in [0.1, 0.15) is 6.92 Å². The smallest absolute Gasteiger partial charge is 0.206 e. The number of nitrogens with two attached hydrogens (primary N) is 1. The first-order valence-electron chi connectivity index (χ1n) is 4.22. The Bertz CT molecular complexity index is 161. The molecule has 5 nitrogen and oxygen atoms in total. The van der Waals surface area contributed by atoms with Crippen LogP contribution < -0.4 is 16.6 Å². The van der Waals surface area contributed by atoms with Crippen LogP contribution >= 0.6 is 0 Å². The average Bonchev–Trinajstić information content (AvgIpc) is 2.00. The summed E-state index contributed by atoms with van der Waals surface area (Å²) in [5.41, 5.74) is 2.54. The zero-order valence-corrected chi connectivity index (χ0v) is 7.67. The van der Waals surface area contributed by atoms with Gasteiger partial charge in [-0.1, -0.05) is 0 Å². The summed E-state index contributed by atoms with van der Waals surface area (Å²) in [5.74, 6) is 5.95. The Morgan fingerprint density at radius 3 is 2.75 bits per heavy atom. The predicted octanol–water partition coefficient (Wildman–Crippen LogP) is -1.27. The largest absolute Gasteiger partial charge is 0.350 e. The quantitative estimate of drug-likeness (QED) is 0.210. The minimum atomic E-state index is 0.497. The van der Waals surface area contributed by atoms with E-state index in [0.29, 0.717) is 12.0 Å². The fourth-order valence-corrected chi connectivity index (χ4v) is 1.27. The highest BCUT2D eigenvalue weighted by Gasteiger charge is 2.23. The van der Waals surface area contributed by atoms with Crippen molar-refractivity contribution in [2.75, 3.05) is 26.7 Å². The number of hydrogen-bond acceptors (Lipinski definition) is 3. The first kappa shape index (κ1) is 9.28. The maximum atomic E-state index is 5.26. The molecule has 1 heterocycles. The second-order valence-electron chi connectivity index (χ2n) is 3.03. The van der Waals surface area contributed by atoms with Gasteiger partial charge in [0.15, 0.2) is 0 Å². The Kier molecular flexibility index (Phi) is 3.31. The van der Waals surface area contributed by atoms with Crippen molar-refractivity contribution in [3.05, 3.63) is 0 Å². The first-order chi connectivity index (χ1) is 5.76. The van der Waals surface area contributed by atoms with E-state index in [0.717, 1.165) is 19.6 Å². The van der Waals surface area contributed by atoms with Crippen molar-refractivity contribution in [2.24, 2.45) is 10.8 Å². The zero-order valence-electron chi connectivity index (χ0n) is 7.67. The third kappa shape index (κ3) is 2.35. The summed E-state index contributed by atoms with van der Waals surface area (Å²) in [4.78, 5) is 6.37. The molecule has 0 aliphatic carbocycles. The van der Waals surface area contributed by atoms with Crippen molar-refractivity contribution in [1.82, 2.24) is 15.6 Å². The number of guanidine groups is 1. The molecule has 4 N–H and O–H groups in total. The van der Waals surface area contributed by atoms with E-state index in [9.17, 15) is 0 Å². The molecule has 0 aromatic heterocycles. The van der Waals surface area contributed by atoms with Gasteiger partial charge in [-0.25, -0.2) is 5.84 Å². The predicted molar refractivity (Wildman–Crippen MR) is 49.7 cm³/mol. The van der Waals surface area contributed by atoms with Crippen molar-refractivity contribution in [2.45, 2.75) is 13.0 Å². The summed E-state index contributed by atoms with van der Waals surface area (Å²) in [6.07, 6.45) is 0. The molecule has 12 heavy (non-hydrogen) atoms. The van der Waals surface area contributed by atoms with E-state index in [2.05, 4.69) is 27.7 Å². The Labute approximate surface area is 73.0 Å². The maximum Gasteiger partial charge on any atom is 0.206 e. The molecule has 1 fully saturated rings. The van der Waals surface area contributed by atoms with E-state index in [1.165, 1.54) is 0 Å². The third-order valence-corrected chi connectivity index (χ3v) is 1.86. The Morgan fingerprint density at radius 2 is 2.33 bits per heavy atom. The van der Waals surface area contributed by atoms with E-state index in [1.807, 2.05) is 6.92 Å². The van der Waals surface area contributed by atoms with Crippen molar-refractivity contribution >= 4 is 5.96 Å². The van der Waals surface area contributed by atoms with Gasteiger partial charge < -0.3 is 10.2 Å². The molecule has 70 valence electrons. The van der Waals surface area contributed by atoms with Gasteiger partial charge in [0.05, 0.1) is 6.04 Å². The molecule has 1 aliphatic heterocycles. The molecule has 0 radical (unpaired) electrons. The van der Waals surface area contributed by atoms with Gasteiger partial charge >= 0.3 is 0 Å². The highest BCUT2D eigenvalue weighted by molar-refractivity contribution is 5.79. The van der Waals surface area contributed by atoms with Crippen molar-refractivity contribution < 1.29 is 0 Å². The fraction of sp³-hybridized carbons (Fsp3) is 0.857. The maximum absolute atomic E-state index is 5.26. The van der Waals surface area contributed by atoms with Crippen molar-refractivity contribution in [3.8, 4) is 0 Å². The standard InChI is InChI=1S/C7H17N5/c1-3-9-7(11-8)10-6-4-12(2)5-6/h6H,3-5,8H2,1-2H3,(H2,9,10,11). The summed E-state index contributed by atoms with van der Waals surface area (Å²) in [6, 6.07) is 0.497. The van der Waals surface area contributed by atoms with Crippen LogP contribution in [0.4, 0.5) is 0 Å². The number of nitrogens with zero attached hydrogens (tertiary/aromatic N) is 2. The summed E-state index contributed by atoms with van der Waals surface area (Å²) in [7, 11) is 2.09.